The number of fused-ring (bicyclic) bond motifs is 1. The molecule has 0 radical (unpaired) electrons. The van der Waals surface area contributed by atoms with Gasteiger partial charge in [0.15, 0.2) is 0 Å². The second-order valence-electron chi connectivity index (χ2n) is 5.21. The van der Waals surface area contributed by atoms with Gasteiger partial charge in [-0.2, -0.15) is 0 Å². The maximum atomic E-state index is 6.07. The standard InChI is InChI=1S/C19H18ClNO3/c1-3-23-12-14-9-13-10-15(20)7-8-18(13)24-19(14)21-16-5-4-6-17(11-16)22-2/h4-11H,3,12H2,1-2H3/b21-19-. The molecule has 124 valence electrons. The first kappa shape index (κ1) is 16.6. The summed E-state index contributed by atoms with van der Waals surface area (Å²) >= 11 is 6.07. The second kappa shape index (κ2) is 7.51. The van der Waals surface area contributed by atoms with Crippen LogP contribution in [-0.4, -0.2) is 13.7 Å². The van der Waals surface area contributed by atoms with Gasteiger partial charge in [0.1, 0.15) is 11.3 Å². The molecule has 3 aromatic rings. The topological polar surface area (TPSA) is 44.0 Å². The highest BCUT2D eigenvalue weighted by Crippen LogP contribution is 2.21. The Morgan fingerprint density at radius 1 is 1.12 bits per heavy atom. The lowest BCUT2D eigenvalue weighted by atomic mass is 10.2. The van der Waals surface area contributed by atoms with Crippen molar-refractivity contribution in [1.82, 2.24) is 0 Å². The van der Waals surface area contributed by atoms with Crippen LogP contribution in [0.25, 0.3) is 11.0 Å². The zero-order valence-electron chi connectivity index (χ0n) is 13.6. The van der Waals surface area contributed by atoms with E-state index in [1.54, 1.807) is 13.2 Å². The maximum absolute atomic E-state index is 6.07. The summed E-state index contributed by atoms with van der Waals surface area (Å²) in [5.41, 5.74) is 2.87. The second-order valence-corrected chi connectivity index (χ2v) is 5.65. The molecular formula is C19H18ClNO3. The predicted octanol–water partition coefficient (Wildman–Crippen LogP) is 4.86. The molecule has 0 amide bonds. The fourth-order valence-electron chi connectivity index (χ4n) is 2.35. The van der Waals surface area contributed by atoms with E-state index in [1.807, 2.05) is 49.4 Å². The van der Waals surface area contributed by atoms with Crippen LogP contribution >= 0.6 is 11.6 Å². The van der Waals surface area contributed by atoms with Crippen molar-refractivity contribution in [3.8, 4) is 5.75 Å². The average molecular weight is 344 g/mol. The third-order valence-corrected chi connectivity index (χ3v) is 3.76. The zero-order valence-corrected chi connectivity index (χ0v) is 14.3. The zero-order chi connectivity index (χ0) is 16.9. The summed E-state index contributed by atoms with van der Waals surface area (Å²) in [6, 6.07) is 15.0. The van der Waals surface area contributed by atoms with Gasteiger partial charge in [-0.15, -0.1) is 0 Å². The molecule has 0 aliphatic heterocycles. The molecule has 1 heterocycles. The van der Waals surface area contributed by atoms with Gasteiger partial charge < -0.3 is 13.9 Å². The van der Waals surface area contributed by atoms with E-state index in [0.717, 1.165) is 28.0 Å². The highest BCUT2D eigenvalue weighted by Gasteiger charge is 2.06. The van der Waals surface area contributed by atoms with E-state index in [0.29, 0.717) is 23.8 Å². The van der Waals surface area contributed by atoms with E-state index >= 15 is 0 Å². The Balaban J connectivity index is 2.15. The Hall–Kier alpha value is -2.30. The molecular weight excluding hydrogens is 326 g/mol. The van der Waals surface area contributed by atoms with Gasteiger partial charge in [-0.3, -0.25) is 0 Å². The molecule has 2 aromatic carbocycles. The van der Waals surface area contributed by atoms with Gasteiger partial charge in [0.2, 0.25) is 5.55 Å². The Kier molecular flexibility index (Phi) is 5.18. The van der Waals surface area contributed by atoms with E-state index in [1.165, 1.54) is 0 Å². The fraction of sp³-hybridized carbons (Fsp3) is 0.211. The Labute approximate surface area is 145 Å². The van der Waals surface area contributed by atoms with Crippen LogP contribution in [0.3, 0.4) is 0 Å². The lowest BCUT2D eigenvalue weighted by Crippen LogP contribution is -2.10. The number of rotatable bonds is 5. The first-order valence-electron chi connectivity index (χ1n) is 7.68. The molecule has 24 heavy (non-hydrogen) atoms. The lowest BCUT2D eigenvalue weighted by molar-refractivity contribution is 0.131. The monoisotopic (exact) mass is 343 g/mol. The first-order valence-corrected chi connectivity index (χ1v) is 8.06. The molecule has 5 heteroatoms. The highest BCUT2D eigenvalue weighted by atomic mass is 35.5. The van der Waals surface area contributed by atoms with Crippen molar-refractivity contribution in [2.75, 3.05) is 13.7 Å². The number of ether oxygens (including phenoxy) is 2. The molecule has 0 saturated carbocycles. The Morgan fingerprint density at radius 3 is 2.79 bits per heavy atom. The molecule has 3 rings (SSSR count). The Bertz CT molecular complexity index is 918. The van der Waals surface area contributed by atoms with Gasteiger partial charge in [-0.25, -0.2) is 4.99 Å². The van der Waals surface area contributed by atoms with Crippen molar-refractivity contribution in [2.24, 2.45) is 4.99 Å². The van der Waals surface area contributed by atoms with Crippen LogP contribution < -0.4 is 10.3 Å². The third kappa shape index (κ3) is 3.78. The normalized spacial score (nSPS) is 11.9. The lowest BCUT2D eigenvalue weighted by Gasteiger charge is -2.06. The minimum Gasteiger partial charge on any atom is -0.497 e. The maximum Gasteiger partial charge on any atom is 0.225 e. The summed E-state index contributed by atoms with van der Waals surface area (Å²) in [5.74, 6) is 0.746. The van der Waals surface area contributed by atoms with Crippen LogP contribution in [0, 0.1) is 0 Å². The number of benzene rings is 2. The smallest absolute Gasteiger partial charge is 0.225 e. The van der Waals surface area contributed by atoms with Gasteiger partial charge in [0.25, 0.3) is 0 Å². The number of nitrogens with zero attached hydrogens (tertiary/aromatic N) is 1. The van der Waals surface area contributed by atoms with Crippen molar-refractivity contribution in [1.29, 1.82) is 0 Å². The first-order chi connectivity index (χ1) is 11.7. The van der Waals surface area contributed by atoms with Crippen LogP contribution in [0.2, 0.25) is 5.02 Å². The molecule has 0 atom stereocenters. The van der Waals surface area contributed by atoms with Crippen LogP contribution in [0.1, 0.15) is 12.5 Å². The molecule has 0 saturated heterocycles. The van der Waals surface area contributed by atoms with Crippen molar-refractivity contribution in [3.05, 3.63) is 64.7 Å². The molecule has 1 aromatic heterocycles. The largest absolute Gasteiger partial charge is 0.497 e. The Morgan fingerprint density at radius 2 is 2.00 bits per heavy atom. The number of hydrogen-bond donors (Lipinski definition) is 0. The summed E-state index contributed by atoms with van der Waals surface area (Å²) in [5, 5.41) is 1.58. The molecule has 0 aliphatic rings. The minimum absolute atomic E-state index is 0.422. The molecule has 0 N–H and O–H groups in total. The summed E-state index contributed by atoms with van der Waals surface area (Å²) in [4.78, 5) is 4.62. The van der Waals surface area contributed by atoms with Gasteiger partial charge in [0.05, 0.1) is 19.4 Å². The van der Waals surface area contributed by atoms with E-state index in [2.05, 4.69) is 4.99 Å². The molecule has 0 bridgehead atoms. The molecule has 4 nitrogen and oxygen atoms in total. The van der Waals surface area contributed by atoms with Gasteiger partial charge in [-0.05, 0) is 43.3 Å². The number of methoxy groups -OCH3 is 1. The number of halogens is 1. The van der Waals surface area contributed by atoms with Crippen molar-refractivity contribution in [3.63, 3.8) is 0 Å². The molecule has 0 fully saturated rings. The molecule has 0 unspecified atom stereocenters. The summed E-state index contributed by atoms with van der Waals surface area (Å²) in [6.45, 7) is 2.99. The third-order valence-electron chi connectivity index (χ3n) is 3.53. The van der Waals surface area contributed by atoms with Crippen LogP contribution in [0.5, 0.6) is 5.75 Å². The van der Waals surface area contributed by atoms with E-state index in [4.69, 9.17) is 25.5 Å². The quantitative estimate of drug-likeness (QED) is 0.664. The summed E-state index contributed by atoms with van der Waals surface area (Å²) in [6.07, 6.45) is 0. The number of hydrogen-bond acceptors (Lipinski definition) is 4. The van der Waals surface area contributed by atoms with Crippen LogP contribution in [0.4, 0.5) is 5.69 Å². The van der Waals surface area contributed by atoms with Crippen molar-refractivity contribution in [2.45, 2.75) is 13.5 Å². The molecule has 0 spiro atoms. The van der Waals surface area contributed by atoms with Gasteiger partial charge in [0, 0.05) is 28.6 Å². The van der Waals surface area contributed by atoms with E-state index in [-0.39, 0.29) is 0 Å². The van der Waals surface area contributed by atoms with E-state index < -0.39 is 0 Å². The van der Waals surface area contributed by atoms with Crippen molar-refractivity contribution < 1.29 is 13.9 Å². The van der Waals surface area contributed by atoms with Gasteiger partial charge in [-0.1, -0.05) is 17.7 Å². The minimum atomic E-state index is 0.422. The SMILES string of the molecule is CCOCc1cc2cc(Cl)ccc2o/c1=N\c1cccc(OC)c1. The van der Waals surface area contributed by atoms with Gasteiger partial charge >= 0.3 is 0 Å². The molecule has 0 aliphatic carbocycles. The highest BCUT2D eigenvalue weighted by molar-refractivity contribution is 6.31. The average Bonchev–Trinajstić information content (AvgIpc) is 2.60. The summed E-state index contributed by atoms with van der Waals surface area (Å²) in [7, 11) is 1.63. The van der Waals surface area contributed by atoms with Crippen molar-refractivity contribution >= 4 is 28.3 Å². The van der Waals surface area contributed by atoms with Crippen LogP contribution in [0.15, 0.2) is 57.9 Å². The van der Waals surface area contributed by atoms with E-state index in [9.17, 15) is 0 Å². The summed E-state index contributed by atoms with van der Waals surface area (Å²) < 4.78 is 16.8. The fourth-order valence-corrected chi connectivity index (χ4v) is 2.53. The predicted molar refractivity (Wildman–Crippen MR) is 94.8 cm³/mol. The van der Waals surface area contributed by atoms with Crippen LogP contribution in [-0.2, 0) is 11.3 Å².